The van der Waals surface area contributed by atoms with Crippen LogP contribution in [-0.2, 0) is 6.42 Å². The number of ether oxygens (including phenoxy) is 1. The molecular formula is C11H16FNO2. The molecule has 0 spiro atoms. The lowest BCUT2D eigenvalue weighted by Crippen LogP contribution is -2.20. The third-order valence-electron chi connectivity index (χ3n) is 2.34. The predicted octanol–water partition coefficient (Wildman–Crippen LogP) is 0.944. The van der Waals surface area contributed by atoms with Crippen LogP contribution in [0.5, 0.6) is 5.75 Å². The Balaban J connectivity index is 2.86. The number of benzene rings is 1. The number of hydrogen-bond donors (Lipinski definition) is 2. The minimum absolute atomic E-state index is 0.00380. The molecule has 1 unspecified atom stereocenters. The Labute approximate surface area is 88.7 Å². The highest BCUT2D eigenvalue weighted by atomic mass is 19.1. The van der Waals surface area contributed by atoms with Crippen LogP contribution >= 0.6 is 0 Å². The first-order valence-corrected chi connectivity index (χ1v) is 4.84. The summed E-state index contributed by atoms with van der Waals surface area (Å²) in [6.45, 7) is 0.367. The number of halogens is 1. The first-order valence-electron chi connectivity index (χ1n) is 4.84. The molecule has 0 radical (unpaired) electrons. The maximum atomic E-state index is 13.0. The van der Waals surface area contributed by atoms with Gasteiger partial charge in [-0.2, -0.15) is 0 Å². The normalized spacial score (nSPS) is 12.5. The summed E-state index contributed by atoms with van der Waals surface area (Å²) in [6.07, 6.45) is 0.522. The van der Waals surface area contributed by atoms with E-state index in [-0.39, 0.29) is 18.3 Å². The van der Waals surface area contributed by atoms with E-state index < -0.39 is 0 Å². The minimum Gasteiger partial charge on any atom is -0.496 e. The van der Waals surface area contributed by atoms with Gasteiger partial charge < -0.3 is 15.6 Å². The van der Waals surface area contributed by atoms with E-state index in [0.717, 1.165) is 5.56 Å². The van der Waals surface area contributed by atoms with Gasteiger partial charge >= 0.3 is 0 Å². The largest absolute Gasteiger partial charge is 0.496 e. The molecule has 0 saturated heterocycles. The topological polar surface area (TPSA) is 55.5 Å². The average Bonchev–Trinajstić information content (AvgIpc) is 2.26. The van der Waals surface area contributed by atoms with Gasteiger partial charge in [0.15, 0.2) is 0 Å². The predicted molar refractivity (Wildman–Crippen MR) is 56.3 cm³/mol. The minimum atomic E-state index is -0.306. The molecular weight excluding hydrogens is 197 g/mol. The molecule has 0 aliphatic heterocycles. The Bertz CT molecular complexity index is 313. The maximum Gasteiger partial charge on any atom is 0.123 e. The van der Waals surface area contributed by atoms with Crippen molar-refractivity contribution in [1.82, 2.24) is 0 Å². The van der Waals surface area contributed by atoms with Crippen LogP contribution in [0.25, 0.3) is 0 Å². The molecule has 0 amide bonds. The van der Waals surface area contributed by atoms with Gasteiger partial charge in [0.05, 0.1) is 7.11 Å². The highest BCUT2D eigenvalue weighted by Gasteiger charge is 2.11. The summed E-state index contributed by atoms with van der Waals surface area (Å²) >= 11 is 0. The zero-order chi connectivity index (χ0) is 11.3. The van der Waals surface area contributed by atoms with Crippen molar-refractivity contribution in [3.05, 3.63) is 29.6 Å². The molecule has 3 N–H and O–H groups in total. The van der Waals surface area contributed by atoms with E-state index in [1.165, 1.54) is 19.2 Å². The van der Waals surface area contributed by atoms with E-state index in [1.807, 2.05) is 0 Å². The zero-order valence-electron chi connectivity index (χ0n) is 8.74. The van der Waals surface area contributed by atoms with Gasteiger partial charge in [-0.25, -0.2) is 4.39 Å². The van der Waals surface area contributed by atoms with Crippen LogP contribution in [0.2, 0.25) is 0 Å². The summed E-state index contributed by atoms with van der Waals surface area (Å²) < 4.78 is 18.1. The van der Waals surface area contributed by atoms with E-state index >= 15 is 0 Å². The molecule has 0 heterocycles. The quantitative estimate of drug-likeness (QED) is 0.765. The summed E-state index contributed by atoms with van der Waals surface area (Å²) in [5.74, 6) is 0.267. The summed E-state index contributed by atoms with van der Waals surface area (Å²) in [5, 5.41) is 9.01. The molecule has 84 valence electrons. The Morgan fingerprint density at radius 1 is 1.53 bits per heavy atom. The van der Waals surface area contributed by atoms with Gasteiger partial charge in [-0.15, -0.1) is 0 Å². The highest BCUT2D eigenvalue weighted by Crippen LogP contribution is 2.22. The lowest BCUT2D eigenvalue weighted by atomic mass is 9.99. The van der Waals surface area contributed by atoms with Crippen LogP contribution in [0.15, 0.2) is 18.2 Å². The SMILES string of the molecule is COc1ccc(F)cc1CC(CN)CO. The van der Waals surface area contributed by atoms with Gasteiger partial charge in [0.25, 0.3) is 0 Å². The van der Waals surface area contributed by atoms with Crippen molar-refractivity contribution in [3.63, 3.8) is 0 Å². The average molecular weight is 213 g/mol. The van der Waals surface area contributed by atoms with Crippen molar-refractivity contribution >= 4 is 0 Å². The summed E-state index contributed by atoms with van der Waals surface area (Å²) in [4.78, 5) is 0. The van der Waals surface area contributed by atoms with Crippen molar-refractivity contribution in [2.24, 2.45) is 11.7 Å². The van der Waals surface area contributed by atoms with Gasteiger partial charge in [-0.3, -0.25) is 0 Å². The Hall–Kier alpha value is -1.13. The van der Waals surface area contributed by atoms with Gasteiger partial charge in [0, 0.05) is 6.61 Å². The number of nitrogens with two attached hydrogens (primary N) is 1. The molecule has 0 aliphatic carbocycles. The van der Waals surface area contributed by atoms with Crippen molar-refractivity contribution in [1.29, 1.82) is 0 Å². The number of hydrogen-bond acceptors (Lipinski definition) is 3. The fourth-order valence-electron chi connectivity index (χ4n) is 1.44. The second-order valence-corrected chi connectivity index (χ2v) is 3.44. The van der Waals surface area contributed by atoms with E-state index in [4.69, 9.17) is 15.6 Å². The van der Waals surface area contributed by atoms with Crippen LogP contribution in [-0.4, -0.2) is 25.4 Å². The molecule has 0 bridgehead atoms. The monoisotopic (exact) mass is 213 g/mol. The summed E-state index contributed by atoms with van der Waals surface area (Å²) in [6, 6.07) is 4.34. The van der Waals surface area contributed by atoms with Gasteiger partial charge in [-0.05, 0) is 42.6 Å². The van der Waals surface area contributed by atoms with Gasteiger partial charge in [0.1, 0.15) is 11.6 Å². The second kappa shape index (κ2) is 5.68. The number of aliphatic hydroxyl groups is 1. The standard InChI is InChI=1S/C11H16FNO2/c1-15-11-3-2-10(12)5-9(11)4-8(6-13)7-14/h2-3,5,8,14H,4,6-7,13H2,1H3. The van der Waals surface area contributed by atoms with Gasteiger partial charge in [-0.1, -0.05) is 0 Å². The van der Waals surface area contributed by atoms with Crippen LogP contribution < -0.4 is 10.5 Å². The Morgan fingerprint density at radius 3 is 2.80 bits per heavy atom. The molecule has 0 fully saturated rings. The number of rotatable bonds is 5. The first kappa shape index (κ1) is 11.9. The van der Waals surface area contributed by atoms with Crippen LogP contribution in [0, 0.1) is 11.7 Å². The van der Waals surface area contributed by atoms with E-state index in [2.05, 4.69) is 0 Å². The van der Waals surface area contributed by atoms with Crippen molar-refractivity contribution in [3.8, 4) is 5.75 Å². The van der Waals surface area contributed by atoms with E-state index in [1.54, 1.807) is 6.07 Å². The molecule has 0 saturated carbocycles. The molecule has 4 heteroatoms. The zero-order valence-corrected chi connectivity index (χ0v) is 8.74. The second-order valence-electron chi connectivity index (χ2n) is 3.44. The summed E-state index contributed by atoms with van der Waals surface area (Å²) in [5.41, 5.74) is 6.20. The lowest BCUT2D eigenvalue weighted by molar-refractivity contribution is 0.228. The molecule has 0 aromatic heterocycles. The van der Waals surface area contributed by atoms with Crippen LogP contribution in [0.3, 0.4) is 0 Å². The number of methoxy groups -OCH3 is 1. The smallest absolute Gasteiger partial charge is 0.123 e. The van der Waals surface area contributed by atoms with Crippen molar-refractivity contribution in [2.45, 2.75) is 6.42 Å². The Kier molecular flexibility index (Phi) is 4.52. The molecule has 15 heavy (non-hydrogen) atoms. The first-order chi connectivity index (χ1) is 7.21. The summed E-state index contributed by atoms with van der Waals surface area (Å²) in [7, 11) is 1.53. The van der Waals surface area contributed by atoms with E-state index in [9.17, 15) is 4.39 Å². The van der Waals surface area contributed by atoms with E-state index in [0.29, 0.717) is 18.7 Å². The van der Waals surface area contributed by atoms with Crippen molar-refractivity contribution < 1.29 is 14.2 Å². The van der Waals surface area contributed by atoms with Crippen LogP contribution in [0.4, 0.5) is 4.39 Å². The molecule has 1 atom stereocenters. The number of aliphatic hydroxyl groups excluding tert-OH is 1. The molecule has 1 aromatic rings. The molecule has 0 aliphatic rings. The molecule has 1 rings (SSSR count). The fraction of sp³-hybridized carbons (Fsp3) is 0.455. The highest BCUT2D eigenvalue weighted by molar-refractivity contribution is 5.34. The van der Waals surface area contributed by atoms with Crippen LogP contribution in [0.1, 0.15) is 5.56 Å². The fourth-order valence-corrected chi connectivity index (χ4v) is 1.44. The third-order valence-corrected chi connectivity index (χ3v) is 2.34. The molecule has 1 aromatic carbocycles. The lowest BCUT2D eigenvalue weighted by Gasteiger charge is -2.14. The van der Waals surface area contributed by atoms with Crippen molar-refractivity contribution in [2.75, 3.05) is 20.3 Å². The molecule has 3 nitrogen and oxygen atoms in total. The Morgan fingerprint density at radius 2 is 2.27 bits per heavy atom. The maximum absolute atomic E-state index is 13.0. The van der Waals surface area contributed by atoms with Gasteiger partial charge in [0.2, 0.25) is 0 Å². The third kappa shape index (κ3) is 3.18.